The number of aliphatic hydroxyl groups excluding tert-OH is 1. The number of ether oxygens (including phenoxy) is 1. The number of likely N-dealkylation sites (N-methyl/N-ethyl adjacent to an activating group) is 1. The van der Waals surface area contributed by atoms with Gasteiger partial charge in [-0.3, -0.25) is 9.58 Å². The molecule has 0 bridgehead atoms. The highest BCUT2D eigenvalue weighted by molar-refractivity contribution is 5.62. The van der Waals surface area contributed by atoms with Crippen molar-refractivity contribution in [1.82, 2.24) is 14.7 Å². The minimum Gasteiger partial charge on any atom is -0.389 e. The van der Waals surface area contributed by atoms with E-state index in [9.17, 15) is 5.11 Å². The number of benzene rings is 1. The Morgan fingerprint density at radius 2 is 2.05 bits per heavy atom. The van der Waals surface area contributed by atoms with E-state index in [2.05, 4.69) is 22.1 Å². The van der Waals surface area contributed by atoms with Gasteiger partial charge in [-0.25, -0.2) is 0 Å². The van der Waals surface area contributed by atoms with E-state index >= 15 is 0 Å². The van der Waals surface area contributed by atoms with Crippen LogP contribution in [0.5, 0.6) is 0 Å². The van der Waals surface area contributed by atoms with Crippen molar-refractivity contribution in [3.8, 4) is 11.3 Å². The SMILES string of the molecule is COCC(O)CN(C)Cc1cn(C)nc1-c1ccccc1. The molecule has 0 aliphatic carbocycles. The number of aromatic nitrogens is 2. The topological polar surface area (TPSA) is 50.5 Å². The third kappa shape index (κ3) is 4.39. The zero-order valence-corrected chi connectivity index (χ0v) is 12.9. The van der Waals surface area contributed by atoms with Crippen molar-refractivity contribution in [2.24, 2.45) is 7.05 Å². The molecule has 0 aliphatic rings. The summed E-state index contributed by atoms with van der Waals surface area (Å²) in [7, 11) is 5.51. The van der Waals surface area contributed by atoms with Crippen molar-refractivity contribution in [2.75, 3.05) is 27.3 Å². The third-order valence-electron chi connectivity index (χ3n) is 3.27. The van der Waals surface area contributed by atoms with E-state index < -0.39 is 6.10 Å². The first kappa shape index (κ1) is 15.7. The maximum Gasteiger partial charge on any atom is 0.0968 e. The molecule has 5 nitrogen and oxygen atoms in total. The van der Waals surface area contributed by atoms with Gasteiger partial charge in [0.2, 0.25) is 0 Å². The Kier molecular flexibility index (Phi) is 5.50. The summed E-state index contributed by atoms with van der Waals surface area (Å²) in [5.74, 6) is 0. The summed E-state index contributed by atoms with van der Waals surface area (Å²) < 4.78 is 6.79. The molecule has 5 heteroatoms. The predicted octanol–water partition coefficient (Wildman–Crippen LogP) is 1.53. The molecule has 0 spiro atoms. The number of nitrogens with zero attached hydrogens (tertiary/aromatic N) is 3. The fourth-order valence-electron chi connectivity index (χ4n) is 2.45. The molecule has 0 fully saturated rings. The summed E-state index contributed by atoms with van der Waals surface area (Å²) >= 11 is 0. The van der Waals surface area contributed by atoms with Crippen LogP contribution in [0.4, 0.5) is 0 Å². The monoisotopic (exact) mass is 289 g/mol. The van der Waals surface area contributed by atoms with Gasteiger partial charge in [-0.15, -0.1) is 0 Å². The van der Waals surface area contributed by atoms with Gasteiger partial charge in [0, 0.05) is 44.6 Å². The molecule has 0 amide bonds. The van der Waals surface area contributed by atoms with Crippen LogP contribution in [-0.2, 0) is 18.3 Å². The molecule has 21 heavy (non-hydrogen) atoms. The lowest BCUT2D eigenvalue weighted by Gasteiger charge is -2.20. The van der Waals surface area contributed by atoms with Crippen LogP contribution in [-0.4, -0.2) is 53.2 Å². The first-order valence-corrected chi connectivity index (χ1v) is 7.03. The average Bonchev–Trinajstić information content (AvgIpc) is 2.80. The summed E-state index contributed by atoms with van der Waals surface area (Å²) in [6.07, 6.45) is 1.55. The second-order valence-electron chi connectivity index (χ2n) is 5.35. The highest BCUT2D eigenvalue weighted by atomic mass is 16.5. The van der Waals surface area contributed by atoms with Gasteiger partial charge in [-0.05, 0) is 7.05 Å². The van der Waals surface area contributed by atoms with Crippen LogP contribution in [0.1, 0.15) is 5.56 Å². The summed E-state index contributed by atoms with van der Waals surface area (Å²) in [4.78, 5) is 2.08. The van der Waals surface area contributed by atoms with Gasteiger partial charge < -0.3 is 9.84 Å². The fraction of sp³-hybridized carbons (Fsp3) is 0.438. The second kappa shape index (κ2) is 7.36. The Hall–Kier alpha value is -1.69. The Labute approximate surface area is 125 Å². The van der Waals surface area contributed by atoms with Crippen molar-refractivity contribution >= 4 is 0 Å². The molecule has 0 saturated heterocycles. The summed E-state index contributed by atoms with van der Waals surface area (Å²) in [6, 6.07) is 10.1. The van der Waals surface area contributed by atoms with E-state index in [0.717, 1.165) is 23.4 Å². The molecule has 0 aliphatic heterocycles. The van der Waals surface area contributed by atoms with E-state index in [1.54, 1.807) is 7.11 Å². The Morgan fingerprint density at radius 1 is 1.33 bits per heavy atom. The smallest absolute Gasteiger partial charge is 0.0968 e. The normalized spacial score (nSPS) is 12.8. The molecule has 1 unspecified atom stereocenters. The van der Waals surface area contributed by atoms with Crippen molar-refractivity contribution in [2.45, 2.75) is 12.6 Å². The third-order valence-corrected chi connectivity index (χ3v) is 3.27. The van der Waals surface area contributed by atoms with E-state index in [0.29, 0.717) is 13.2 Å². The molecular formula is C16H23N3O2. The van der Waals surface area contributed by atoms with Crippen molar-refractivity contribution in [3.63, 3.8) is 0 Å². The lowest BCUT2D eigenvalue weighted by atomic mass is 10.1. The Balaban J connectivity index is 2.10. The van der Waals surface area contributed by atoms with Gasteiger partial charge in [0.15, 0.2) is 0 Å². The molecule has 1 aromatic heterocycles. The molecule has 1 aromatic carbocycles. The summed E-state index contributed by atoms with van der Waals surface area (Å²) in [5.41, 5.74) is 3.25. The molecule has 1 atom stereocenters. The standard InChI is InChI=1S/C16H23N3O2/c1-18(11-15(20)12-21-3)9-14-10-19(2)17-16(14)13-7-5-4-6-8-13/h4-8,10,15,20H,9,11-12H2,1-3H3. The van der Waals surface area contributed by atoms with Crippen LogP contribution >= 0.6 is 0 Å². The maximum atomic E-state index is 9.80. The first-order chi connectivity index (χ1) is 10.1. The highest BCUT2D eigenvalue weighted by Gasteiger charge is 2.14. The molecule has 2 aromatic rings. The predicted molar refractivity (Wildman–Crippen MR) is 82.9 cm³/mol. The molecule has 0 saturated carbocycles. The van der Waals surface area contributed by atoms with Gasteiger partial charge >= 0.3 is 0 Å². The molecule has 114 valence electrons. The summed E-state index contributed by atoms with van der Waals surface area (Å²) in [5, 5.41) is 14.4. The number of rotatable bonds is 7. The number of hydrogen-bond donors (Lipinski definition) is 1. The van der Waals surface area contributed by atoms with Crippen LogP contribution in [0, 0.1) is 0 Å². The Morgan fingerprint density at radius 3 is 2.71 bits per heavy atom. The van der Waals surface area contributed by atoms with Crippen molar-refractivity contribution < 1.29 is 9.84 Å². The zero-order valence-electron chi connectivity index (χ0n) is 12.9. The molecule has 1 N–H and O–H groups in total. The van der Waals surface area contributed by atoms with E-state index in [1.807, 2.05) is 43.2 Å². The molecule has 2 rings (SSSR count). The van der Waals surface area contributed by atoms with Crippen LogP contribution in [0.25, 0.3) is 11.3 Å². The molecule has 1 heterocycles. The fourth-order valence-corrected chi connectivity index (χ4v) is 2.45. The average molecular weight is 289 g/mol. The van der Waals surface area contributed by atoms with E-state index in [-0.39, 0.29) is 0 Å². The number of hydrogen-bond acceptors (Lipinski definition) is 4. The summed E-state index contributed by atoms with van der Waals surface area (Å²) in [6.45, 7) is 1.65. The number of aryl methyl sites for hydroxylation is 1. The lowest BCUT2D eigenvalue weighted by molar-refractivity contribution is 0.0419. The lowest BCUT2D eigenvalue weighted by Crippen LogP contribution is -2.31. The quantitative estimate of drug-likeness (QED) is 0.840. The van der Waals surface area contributed by atoms with Crippen LogP contribution in [0.3, 0.4) is 0 Å². The zero-order chi connectivity index (χ0) is 15.2. The second-order valence-corrected chi connectivity index (χ2v) is 5.35. The van der Waals surface area contributed by atoms with Gasteiger partial charge in [0.05, 0.1) is 18.4 Å². The van der Waals surface area contributed by atoms with Crippen LogP contribution in [0.15, 0.2) is 36.5 Å². The highest BCUT2D eigenvalue weighted by Crippen LogP contribution is 2.22. The van der Waals surface area contributed by atoms with Crippen LogP contribution in [0.2, 0.25) is 0 Å². The van der Waals surface area contributed by atoms with Gasteiger partial charge in [0.25, 0.3) is 0 Å². The maximum absolute atomic E-state index is 9.80. The Bertz CT molecular complexity index is 554. The molecular weight excluding hydrogens is 266 g/mol. The van der Waals surface area contributed by atoms with Crippen molar-refractivity contribution in [3.05, 3.63) is 42.1 Å². The van der Waals surface area contributed by atoms with Crippen molar-refractivity contribution in [1.29, 1.82) is 0 Å². The minimum atomic E-state index is -0.475. The number of methoxy groups -OCH3 is 1. The molecule has 0 radical (unpaired) electrons. The van der Waals surface area contributed by atoms with Gasteiger partial charge in [-0.1, -0.05) is 30.3 Å². The largest absolute Gasteiger partial charge is 0.389 e. The number of aliphatic hydroxyl groups is 1. The first-order valence-electron chi connectivity index (χ1n) is 7.03. The van der Waals surface area contributed by atoms with Crippen LogP contribution < -0.4 is 0 Å². The minimum absolute atomic E-state index is 0.350. The van der Waals surface area contributed by atoms with Gasteiger partial charge in [0.1, 0.15) is 0 Å². The van der Waals surface area contributed by atoms with E-state index in [1.165, 1.54) is 0 Å². The van der Waals surface area contributed by atoms with Gasteiger partial charge in [-0.2, -0.15) is 5.10 Å². The van der Waals surface area contributed by atoms with E-state index in [4.69, 9.17) is 4.74 Å².